The Balaban J connectivity index is 2.13. The Morgan fingerprint density at radius 2 is 2.53 bits per heavy atom. The average Bonchev–Trinajstić information content (AvgIpc) is 2.53. The van der Waals surface area contributed by atoms with Gasteiger partial charge in [-0.2, -0.15) is 0 Å². The van der Waals surface area contributed by atoms with Crippen LogP contribution in [0, 0.1) is 0 Å². The monoisotopic (exact) mass is 208 g/mol. The highest BCUT2D eigenvalue weighted by atomic mass is 16.5. The minimum absolute atomic E-state index is 0.173. The van der Waals surface area contributed by atoms with Gasteiger partial charge in [-0.25, -0.2) is 0 Å². The predicted molar refractivity (Wildman–Crippen MR) is 53.7 cm³/mol. The lowest BCUT2D eigenvalue weighted by molar-refractivity contribution is -0.140. The zero-order valence-electron chi connectivity index (χ0n) is 10.9. The third-order valence-corrected chi connectivity index (χ3v) is 2.34. The van der Waals surface area contributed by atoms with Crippen LogP contribution in [0.25, 0.3) is 0 Å². The topological polar surface area (TPSA) is 46.6 Å². The van der Waals surface area contributed by atoms with Crippen molar-refractivity contribution < 1.29 is 18.4 Å². The SMILES string of the molecule is [2H]C([2H])([2H])OC(=O)CC1=C2C=CC=CN2CC1=O. The Kier molecular flexibility index (Phi) is 1.64. The van der Waals surface area contributed by atoms with Crippen LogP contribution in [-0.4, -0.2) is 30.2 Å². The first-order valence-corrected chi connectivity index (χ1v) is 4.46. The molecule has 0 aromatic heterocycles. The number of hydrogen-bond donors (Lipinski definition) is 0. The van der Waals surface area contributed by atoms with E-state index in [2.05, 4.69) is 4.74 Å². The highest BCUT2D eigenvalue weighted by molar-refractivity contribution is 6.04. The molecular weight excluding hydrogens is 194 g/mol. The number of ether oxygens (including phenoxy) is 1. The Morgan fingerprint density at radius 1 is 1.67 bits per heavy atom. The molecule has 4 nitrogen and oxygen atoms in total. The Hall–Kier alpha value is -1.84. The second-order valence-corrected chi connectivity index (χ2v) is 3.27. The van der Waals surface area contributed by atoms with Gasteiger partial charge in [-0.05, 0) is 12.2 Å². The fourth-order valence-electron chi connectivity index (χ4n) is 1.65. The maximum atomic E-state index is 11.7. The van der Waals surface area contributed by atoms with Crippen molar-refractivity contribution in [1.29, 1.82) is 0 Å². The van der Waals surface area contributed by atoms with Crippen molar-refractivity contribution >= 4 is 11.8 Å². The molecule has 0 unspecified atom stereocenters. The van der Waals surface area contributed by atoms with Gasteiger partial charge in [-0.15, -0.1) is 0 Å². The van der Waals surface area contributed by atoms with Crippen LogP contribution in [0.15, 0.2) is 35.7 Å². The number of methoxy groups -OCH3 is 1. The highest BCUT2D eigenvalue weighted by Crippen LogP contribution is 2.26. The van der Waals surface area contributed by atoms with Crippen LogP contribution >= 0.6 is 0 Å². The number of Topliss-reactive ketones (excluding diaryl/α,β-unsaturated/α-hetero) is 1. The Labute approximate surface area is 91.7 Å². The fourth-order valence-corrected chi connectivity index (χ4v) is 1.65. The molecule has 0 N–H and O–H groups in total. The number of carbonyl (C=O) groups is 2. The zero-order valence-corrected chi connectivity index (χ0v) is 7.90. The molecular formula is C11H11NO3. The van der Waals surface area contributed by atoms with Crippen molar-refractivity contribution in [1.82, 2.24) is 4.90 Å². The van der Waals surface area contributed by atoms with E-state index in [0.29, 0.717) is 11.3 Å². The van der Waals surface area contributed by atoms with Crippen LogP contribution in [0.2, 0.25) is 0 Å². The molecule has 2 aliphatic rings. The van der Waals surface area contributed by atoms with Gasteiger partial charge in [0.05, 0.1) is 24.1 Å². The third-order valence-electron chi connectivity index (χ3n) is 2.34. The van der Waals surface area contributed by atoms with Gasteiger partial charge in [0.15, 0.2) is 5.78 Å². The number of rotatable bonds is 2. The van der Waals surface area contributed by atoms with E-state index in [1.165, 1.54) is 0 Å². The number of allylic oxidation sites excluding steroid dienone is 3. The second-order valence-electron chi connectivity index (χ2n) is 3.27. The van der Waals surface area contributed by atoms with Crippen molar-refractivity contribution in [3.05, 3.63) is 35.7 Å². The predicted octanol–water partition coefficient (Wildman–Crippen LogP) is 0.772. The summed E-state index contributed by atoms with van der Waals surface area (Å²) < 4.78 is 24.7. The van der Waals surface area contributed by atoms with Gasteiger partial charge in [0, 0.05) is 17.5 Å². The van der Waals surface area contributed by atoms with Crippen molar-refractivity contribution in [2.45, 2.75) is 6.42 Å². The van der Waals surface area contributed by atoms with Crippen LogP contribution in [0.1, 0.15) is 10.5 Å². The first kappa shape index (κ1) is 6.61. The molecule has 0 saturated carbocycles. The summed E-state index contributed by atoms with van der Waals surface area (Å²) in [6.45, 7) is 0.173. The summed E-state index contributed by atoms with van der Waals surface area (Å²) in [7, 11) is -2.77. The Morgan fingerprint density at radius 3 is 3.33 bits per heavy atom. The molecule has 0 bridgehead atoms. The molecule has 0 radical (unpaired) electrons. The van der Waals surface area contributed by atoms with E-state index in [1.807, 2.05) is 0 Å². The molecule has 0 fully saturated rings. The molecule has 2 rings (SSSR count). The minimum Gasteiger partial charge on any atom is -0.469 e. The highest BCUT2D eigenvalue weighted by Gasteiger charge is 2.29. The van der Waals surface area contributed by atoms with Crippen LogP contribution < -0.4 is 0 Å². The van der Waals surface area contributed by atoms with Crippen LogP contribution in [-0.2, 0) is 14.3 Å². The molecule has 4 heteroatoms. The zero-order chi connectivity index (χ0) is 13.3. The number of hydrogen-bond acceptors (Lipinski definition) is 4. The minimum atomic E-state index is -2.77. The van der Waals surface area contributed by atoms with Crippen molar-refractivity contribution in [2.24, 2.45) is 0 Å². The number of ketones is 1. The van der Waals surface area contributed by atoms with Crippen LogP contribution in [0.4, 0.5) is 0 Å². The maximum absolute atomic E-state index is 11.7. The standard InChI is InChI=1S/C11H11NO3/c1-15-11(14)6-8-9-4-2-3-5-12(9)7-10(8)13/h2-5H,6-7H2,1H3/i1D3. The van der Waals surface area contributed by atoms with Crippen molar-refractivity contribution in [3.8, 4) is 0 Å². The number of esters is 1. The van der Waals surface area contributed by atoms with Crippen LogP contribution in [0.5, 0.6) is 0 Å². The van der Waals surface area contributed by atoms with E-state index in [-0.39, 0.29) is 18.7 Å². The van der Waals surface area contributed by atoms with E-state index in [4.69, 9.17) is 4.11 Å². The fraction of sp³-hybridized carbons (Fsp3) is 0.273. The van der Waals surface area contributed by atoms with Gasteiger partial charge in [0.25, 0.3) is 0 Å². The van der Waals surface area contributed by atoms with E-state index in [9.17, 15) is 9.59 Å². The number of carbonyl (C=O) groups excluding carboxylic acids is 2. The summed E-state index contributed by atoms with van der Waals surface area (Å²) in [4.78, 5) is 24.8. The molecule has 0 atom stereocenters. The summed E-state index contributed by atoms with van der Waals surface area (Å²) in [6, 6.07) is 0. The van der Waals surface area contributed by atoms with Gasteiger partial charge >= 0.3 is 5.97 Å². The van der Waals surface area contributed by atoms with Crippen molar-refractivity contribution in [2.75, 3.05) is 13.6 Å². The first-order chi connectivity index (χ1) is 8.37. The van der Waals surface area contributed by atoms with Gasteiger partial charge in [0.2, 0.25) is 0 Å². The molecule has 0 aromatic rings. The molecule has 0 aliphatic carbocycles. The third kappa shape index (κ3) is 1.70. The van der Waals surface area contributed by atoms with E-state index >= 15 is 0 Å². The van der Waals surface area contributed by atoms with Gasteiger partial charge in [-0.3, -0.25) is 9.59 Å². The van der Waals surface area contributed by atoms with Crippen LogP contribution in [0.3, 0.4) is 0 Å². The van der Waals surface area contributed by atoms with Gasteiger partial charge < -0.3 is 9.64 Å². The molecule has 0 amide bonds. The molecule has 0 spiro atoms. The Bertz CT molecular complexity index is 488. The molecule has 0 saturated heterocycles. The largest absolute Gasteiger partial charge is 0.469 e. The van der Waals surface area contributed by atoms with Gasteiger partial charge in [0.1, 0.15) is 0 Å². The van der Waals surface area contributed by atoms with Gasteiger partial charge in [-0.1, -0.05) is 6.08 Å². The summed E-state index contributed by atoms with van der Waals surface area (Å²) in [6.07, 6.45) is 6.65. The molecule has 0 aromatic carbocycles. The summed E-state index contributed by atoms with van der Waals surface area (Å²) in [5.74, 6) is -1.11. The van der Waals surface area contributed by atoms with E-state index in [1.54, 1.807) is 29.3 Å². The molecule has 2 heterocycles. The van der Waals surface area contributed by atoms with Crippen molar-refractivity contribution in [3.63, 3.8) is 0 Å². The first-order valence-electron chi connectivity index (χ1n) is 5.96. The second kappa shape index (κ2) is 3.73. The lowest BCUT2D eigenvalue weighted by Crippen LogP contribution is -2.15. The lowest BCUT2D eigenvalue weighted by atomic mass is 10.1. The maximum Gasteiger partial charge on any atom is 0.310 e. The van der Waals surface area contributed by atoms with E-state index < -0.39 is 13.0 Å². The van der Waals surface area contributed by atoms with E-state index in [0.717, 1.165) is 0 Å². The number of nitrogens with zero attached hydrogens (tertiary/aromatic N) is 1. The number of fused-ring (bicyclic) bond motifs is 1. The molecule has 2 aliphatic heterocycles. The summed E-state index contributed by atoms with van der Waals surface area (Å²) >= 11 is 0. The summed E-state index contributed by atoms with van der Waals surface area (Å²) in [5, 5.41) is 0. The normalized spacial score (nSPS) is 22.3. The molecule has 15 heavy (non-hydrogen) atoms. The average molecular weight is 208 g/mol. The molecule has 78 valence electrons. The lowest BCUT2D eigenvalue weighted by Gasteiger charge is -2.16. The quantitative estimate of drug-likeness (QED) is 0.629. The smallest absolute Gasteiger partial charge is 0.310 e. The summed E-state index contributed by atoms with van der Waals surface area (Å²) in [5.41, 5.74) is 0.926.